The van der Waals surface area contributed by atoms with Crippen LogP contribution in [0.2, 0.25) is 0 Å². The van der Waals surface area contributed by atoms with Crippen LogP contribution in [0.25, 0.3) is 0 Å². The van der Waals surface area contributed by atoms with E-state index in [1.54, 1.807) is 6.20 Å². The molecule has 1 aliphatic rings. The van der Waals surface area contributed by atoms with Gasteiger partial charge in [0, 0.05) is 32.7 Å². The Kier molecular flexibility index (Phi) is 4.88. The maximum atomic E-state index is 12.6. The molecule has 1 amide bonds. The third-order valence-corrected chi connectivity index (χ3v) is 4.59. The molecule has 1 N–H and O–H groups in total. The molecular formula is C19H25N5O. The maximum absolute atomic E-state index is 12.6. The highest BCUT2D eigenvalue weighted by molar-refractivity contribution is 6.05. The van der Waals surface area contributed by atoms with E-state index in [2.05, 4.69) is 20.2 Å². The van der Waals surface area contributed by atoms with Gasteiger partial charge in [0.2, 0.25) is 5.95 Å². The van der Waals surface area contributed by atoms with E-state index in [0.717, 1.165) is 24.6 Å². The third-order valence-electron chi connectivity index (χ3n) is 4.59. The summed E-state index contributed by atoms with van der Waals surface area (Å²) in [5, 5.41) is 2.95. The number of hydrogen-bond acceptors (Lipinski definition) is 5. The van der Waals surface area contributed by atoms with Crippen LogP contribution in [0, 0.1) is 13.8 Å². The highest BCUT2D eigenvalue weighted by atomic mass is 16.1. The molecule has 2 heterocycles. The molecule has 6 heteroatoms. The first-order valence-corrected chi connectivity index (χ1v) is 8.63. The van der Waals surface area contributed by atoms with Gasteiger partial charge in [-0.2, -0.15) is 4.98 Å². The summed E-state index contributed by atoms with van der Waals surface area (Å²) in [6.07, 6.45) is 4.05. The van der Waals surface area contributed by atoms with Crippen molar-refractivity contribution in [3.63, 3.8) is 0 Å². The van der Waals surface area contributed by atoms with E-state index in [1.165, 1.54) is 18.4 Å². The maximum Gasteiger partial charge on any atom is 0.255 e. The fraction of sp³-hybridized carbons (Fsp3) is 0.421. The van der Waals surface area contributed by atoms with Crippen LogP contribution in [0.4, 0.5) is 17.5 Å². The van der Waals surface area contributed by atoms with Crippen molar-refractivity contribution in [3.05, 3.63) is 41.1 Å². The molecule has 3 rings (SSSR count). The number of amides is 1. The Morgan fingerprint density at radius 2 is 1.88 bits per heavy atom. The van der Waals surface area contributed by atoms with Crippen LogP contribution >= 0.6 is 0 Å². The van der Waals surface area contributed by atoms with E-state index in [1.807, 2.05) is 51.0 Å². The molecule has 0 aliphatic carbocycles. The van der Waals surface area contributed by atoms with Crippen molar-refractivity contribution < 1.29 is 4.79 Å². The number of aryl methyl sites for hydroxylation is 2. The van der Waals surface area contributed by atoms with E-state index >= 15 is 0 Å². The number of nitrogens with zero attached hydrogens (tertiary/aromatic N) is 4. The smallest absolute Gasteiger partial charge is 0.255 e. The molecule has 2 aromatic rings. The Morgan fingerprint density at radius 3 is 2.52 bits per heavy atom. The van der Waals surface area contributed by atoms with Gasteiger partial charge >= 0.3 is 0 Å². The lowest BCUT2D eigenvalue weighted by Crippen LogP contribution is -2.23. The summed E-state index contributed by atoms with van der Waals surface area (Å²) in [5.41, 5.74) is 3.53. The molecule has 1 aromatic carbocycles. The van der Waals surface area contributed by atoms with E-state index in [9.17, 15) is 4.79 Å². The van der Waals surface area contributed by atoms with Crippen molar-refractivity contribution in [1.82, 2.24) is 9.97 Å². The largest absolute Gasteiger partial charge is 0.361 e. The molecular weight excluding hydrogens is 314 g/mol. The van der Waals surface area contributed by atoms with E-state index in [-0.39, 0.29) is 5.91 Å². The molecule has 1 fully saturated rings. The van der Waals surface area contributed by atoms with Crippen molar-refractivity contribution in [1.29, 1.82) is 0 Å². The molecule has 0 saturated carbocycles. The molecule has 1 aromatic heterocycles. The van der Waals surface area contributed by atoms with Crippen LogP contribution in [-0.2, 0) is 0 Å². The first-order chi connectivity index (χ1) is 12.0. The minimum Gasteiger partial charge on any atom is -0.361 e. The summed E-state index contributed by atoms with van der Waals surface area (Å²) in [6, 6.07) is 5.70. The summed E-state index contributed by atoms with van der Waals surface area (Å²) >= 11 is 0. The predicted octanol–water partition coefficient (Wildman–Crippen LogP) is 3.01. The van der Waals surface area contributed by atoms with Gasteiger partial charge in [-0.25, -0.2) is 4.98 Å². The molecule has 132 valence electrons. The van der Waals surface area contributed by atoms with Crippen LogP contribution in [0.3, 0.4) is 0 Å². The number of rotatable bonds is 4. The van der Waals surface area contributed by atoms with Crippen LogP contribution in [0.5, 0.6) is 0 Å². The molecule has 6 nitrogen and oxygen atoms in total. The van der Waals surface area contributed by atoms with Gasteiger partial charge in [0.05, 0.1) is 6.20 Å². The second-order valence-electron chi connectivity index (χ2n) is 6.75. The lowest BCUT2D eigenvalue weighted by Gasteiger charge is -2.21. The van der Waals surface area contributed by atoms with Gasteiger partial charge in [0.25, 0.3) is 5.91 Å². The van der Waals surface area contributed by atoms with Gasteiger partial charge in [-0.3, -0.25) is 4.79 Å². The first-order valence-electron chi connectivity index (χ1n) is 8.63. The summed E-state index contributed by atoms with van der Waals surface area (Å²) in [5.74, 6) is 1.29. The average Bonchev–Trinajstić information content (AvgIpc) is 3.12. The minimum atomic E-state index is -0.149. The monoisotopic (exact) mass is 339 g/mol. The Labute approximate surface area is 148 Å². The zero-order valence-electron chi connectivity index (χ0n) is 15.3. The molecule has 0 spiro atoms. The van der Waals surface area contributed by atoms with Gasteiger partial charge in [0.15, 0.2) is 5.82 Å². The van der Waals surface area contributed by atoms with E-state index < -0.39 is 0 Å². The average molecular weight is 339 g/mol. The predicted molar refractivity (Wildman–Crippen MR) is 102 cm³/mol. The van der Waals surface area contributed by atoms with Crippen molar-refractivity contribution in [2.24, 2.45) is 0 Å². The normalized spacial score (nSPS) is 13.8. The second-order valence-corrected chi connectivity index (χ2v) is 6.75. The third kappa shape index (κ3) is 3.73. The topological polar surface area (TPSA) is 61.4 Å². The number of anilines is 3. The summed E-state index contributed by atoms with van der Waals surface area (Å²) in [7, 11) is 3.84. The molecule has 25 heavy (non-hydrogen) atoms. The summed E-state index contributed by atoms with van der Waals surface area (Å²) in [6.45, 7) is 6.01. The lowest BCUT2D eigenvalue weighted by atomic mass is 10.1. The van der Waals surface area contributed by atoms with Crippen LogP contribution in [0.15, 0.2) is 24.4 Å². The second kappa shape index (κ2) is 7.09. The first kappa shape index (κ1) is 17.2. The molecule has 0 atom stereocenters. The number of aromatic nitrogens is 2. The van der Waals surface area contributed by atoms with E-state index in [0.29, 0.717) is 17.1 Å². The fourth-order valence-electron chi connectivity index (χ4n) is 2.94. The molecule has 0 radical (unpaired) electrons. The lowest BCUT2D eigenvalue weighted by molar-refractivity contribution is 0.102. The summed E-state index contributed by atoms with van der Waals surface area (Å²) < 4.78 is 0. The van der Waals surface area contributed by atoms with Gasteiger partial charge in [0.1, 0.15) is 5.69 Å². The molecule has 1 saturated heterocycles. The Morgan fingerprint density at radius 1 is 1.16 bits per heavy atom. The number of carbonyl (C=O) groups excluding carboxylic acids is 1. The van der Waals surface area contributed by atoms with Crippen molar-refractivity contribution in [2.75, 3.05) is 42.3 Å². The van der Waals surface area contributed by atoms with Gasteiger partial charge in [-0.05, 0) is 49.9 Å². The number of hydrogen-bond donors (Lipinski definition) is 1. The van der Waals surface area contributed by atoms with Crippen LogP contribution < -0.4 is 15.1 Å². The number of benzene rings is 1. The molecule has 0 bridgehead atoms. The van der Waals surface area contributed by atoms with Gasteiger partial charge < -0.3 is 15.1 Å². The highest BCUT2D eigenvalue weighted by Crippen LogP contribution is 2.26. The van der Waals surface area contributed by atoms with Gasteiger partial charge in [-0.1, -0.05) is 6.07 Å². The number of carbonyl (C=O) groups is 1. The zero-order valence-corrected chi connectivity index (χ0v) is 15.3. The fourth-order valence-corrected chi connectivity index (χ4v) is 2.94. The summed E-state index contributed by atoms with van der Waals surface area (Å²) in [4.78, 5) is 25.8. The van der Waals surface area contributed by atoms with Crippen molar-refractivity contribution in [3.8, 4) is 0 Å². The highest BCUT2D eigenvalue weighted by Gasteiger charge is 2.19. The molecule has 0 unspecified atom stereocenters. The quantitative estimate of drug-likeness (QED) is 0.928. The SMILES string of the molecule is Cc1ccc(C(=O)Nc2cnc(N3CCCC3)nc2N(C)C)cc1C. The Hall–Kier alpha value is -2.63. The van der Waals surface area contributed by atoms with Crippen molar-refractivity contribution in [2.45, 2.75) is 26.7 Å². The van der Waals surface area contributed by atoms with Crippen LogP contribution in [0.1, 0.15) is 34.3 Å². The zero-order chi connectivity index (χ0) is 18.0. The standard InChI is InChI=1S/C19H25N5O/c1-13-7-8-15(11-14(13)2)18(25)21-16-12-20-19(22-17(16)23(3)4)24-9-5-6-10-24/h7-8,11-12H,5-6,9-10H2,1-4H3,(H,21,25). The Bertz CT molecular complexity index is 781. The minimum absolute atomic E-state index is 0.149. The Balaban J connectivity index is 1.85. The number of nitrogens with one attached hydrogen (secondary N) is 1. The van der Waals surface area contributed by atoms with Crippen molar-refractivity contribution >= 4 is 23.4 Å². The molecule has 1 aliphatic heterocycles. The van der Waals surface area contributed by atoms with Gasteiger partial charge in [-0.15, -0.1) is 0 Å². The van der Waals surface area contributed by atoms with Crippen LogP contribution in [-0.4, -0.2) is 43.1 Å². The van der Waals surface area contributed by atoms with E-state index in [4.69, 9.17) is 0 Å².